The molecule has 2 nitrogen and oxygen atoms in total. The Bertz CT molecular complexity index is 424. The maximum Gasteiger partial charge on any atom is 0.332 e. The van der Waals surface area contributed by atoms with Crippen LogP contribution in [0.1, 0.15) is 25.8 Å². The van der Waals surface area contributed by atoms with Crippen LogP contribution in [0.5, 0.6) is 0 Å². The van der Waals surface area contributed by atoms with Crippen LogP contribution in [0.3, 0.4) is 0 Å². The molecule has 0 amide bonds. The summed E-state index contributed by atoms with van der Waals surface area (Å²) in [6.07, 6.45) is 1.75. The Balaban J connectivity index is 2.84. The number of rotatable bonds is 4. The molecule has 0 N–H and O–H groups in total. The van der Waals surface area contributed by atoms with Crippen LogP contribution in [0, 0.1) is 5.92 Å². The lowest BCUT2D eigenvalue weighted by Gasteiger charge is -2.05. The first-order chi connectivity index (χ1) is 6.89. The van der Waals surface area contributed by atoms with Crippen molar-refractivity contribution in [2.45, 2.75) is 31.6 Å². The number of aryl methyl sites for hydroxylation is 1. The van der Waals surface area contributed by atoms with Crippen molar-refractivity contribution in [3.05, 3.63) is 29.8 Å². The minimum absolute atomic E-state index is 0.247. The Morgan fingerprint density at radius 2 is 2.00 bits per heavy atom. The van der Waals surface area contributed by atoms with Crippen molar-refractivity contribution in [1.29, 1.82) is 0 Å². The number of hydrogen-bond acceptors (Lipinski definition) is 2. The molecule has 0 aliphatic heterocycles. The Morgan fingerprint density at radius 3 is 2.53 bits per heavy atom. The third-order valence-corrected chi connectivity index (χ3v) is 3.01. The van der Waals surface area contributed by atoms with E-state index in [0.29, 0.717) is 5.92 Å². The van der Waals surface area contributed by atoms with E-state index in [-0.39, 0.29) is 4.90 Å². The zero-order valence-corrected chi connectivity index (χ0v) is 9.72. The molecule has 15 heavy (non-hydrogen) atoms. The van der Waals surface area contributed by atoms with Crippen LogP contribution >= 0.6 is 0 Å². The highest BCUT2D eigenvalue weighted by atomic mass is 32.3. The summed E-state index contributed by atoms with van der Waals surface area (Å²) < 4.78 is 34.0. The van der Waals surface area contributed by atoms with Crippen LogP contribution in [0.4, 0.5) is 3.89 Å². The Hall–Kier alpha value is -0.900. The summed E-state index contributed by atoms with van der Waals surface area (Å²) in [5, 5.41) is 0. The summed E-state index contributed by atoms with van der Waals surface area (Å²) in [4.78, 5) is -0.247. The van der Waals surface area contributed by atoms with Crippen molar-refractivity contribution in [3.8, 4) is 0 Å². The largest absolute Gasteiger partial charge is 0.332 e. The lowest BCUT2D eigenvalue weighted by molar-refractivity contribution is 0.551. The molecule has 0 unspecified atom stereocenters. The number of benzene rings is 1. The molecular formula is C11H15FO2S. The first-order valence-corrected chi connectivity index (χ1v) is 6.31. The SMILES string of the molecule is CC(C)CCc1cccc(S(=O)(=O)F)c1. The molecule has 4 heteroatoms. The van der Waals surface area contributed by atoms with Gasteiger partial charge in [0.25, 0.3) is 0 Å². The Morgan fingerprint density at radius 1 is 1.33 bits per heavy atom. The lowest BCUT2D eigenvalue weighted by Crippen LogP contribution is -1.96. The van der Waals surface area contributed by atoms with Crippen molar-refractivity contribution >= 4 is 10.2 Å². The van der Waals surface area contributed by atoms with Crippen LogP contribution in [0.15, 0.2) is 29.2 Å². The van der Waals surface area contributed by atoms with Crippen LogP contribution in [-0.2, 0) is 16.6 Å². The average molecular weight is 230 g/mol. The summed E-state index contributed by atoms with van der Waals surface area (Å²) in [6.45, 7) is 4.19. The zero-order valence-electron chi connectivity index (χ0n) is 8.90. The van der Waals surface area contributed by atoms with E-state index in [4.69, 9.17) is 0 Å². The predicted octanol–water partition coefficient (Wildman–Crippen LogP) is 2.93. The fourth-order valence-corrected chi connectivity index (χ4v) is 1.84. The number of halogens is 1. The smallest absolute Gasteiger partial charge is 0.189 e. The maximum atomic E-state index is 12.7. The van der Waals surface area contributed by atoms with E-state index in [0.717, 1.165) is 18.4 Å². The molecule has 0 bridgehead atoms. The second kappa shape index (κ2) is 4.75. The third-order valence-electron chi connectivity index (χ3n) is 2.19. The molecule has 84 valence electrons. The third kappa shape index (κ3) is 4.00. The summed E-state index contributed by atoms with van der Waals surface area (Å²) in [6, 6.07) is 6.06. The quantitative estimate of drug-likeness (QED) is 0.745. The molecule has 0 aliphatic carbocycles. The topological polar surface area (TPSA) is 34.1 Å². The molecule has 1 aromatic carbocycles. The number of hydrogen-bond donors (Lipinski definition) is 0. The van der Waals surface area contributed by atoms with Gasteiger partial charge in [-0.1, -0.05) is 26.0 Å². The van der Waals surface area contributed by atoms with Gasteiger partial charge in [0.2, 0.25) is 0 Å². The molecule has 1 aromatic rings. The molecule has 0 spiro atoms. The summed E-state index contributed by atoms with van der Waals surface area (Å²) in [5.74, 6) is 0.552. The van der Waals surface area contributed by atoms with Gasteiger partial charge in [-0.2, -0.15) is 8.42 Å². The van der Waals surface area contributed by atoms with Crippen molar-refractivity contribution in [2.75, 3.05) is 0 Å². The minimum Gasteiger partial charge on any atom is -0.189 e. The molecule has 0 aromatic heterocycles. The van der Waals surface area contributed by atoms with Crippen molar-refractivity contribution in [2.24, 2.45) is 5.92 Å². The monoisotopic (exact) mass is 230 g/mol. The summed E-state index contributed by atoms with van der Waals surface area (Å²) >= 11 is 0. The second-order valence-corrected chi connectivity index (χ2v) is 5.36. The molecule has 0 radical (unpaired) electrons. The summed E-state index contributed by atoms with van der Waals surface area (Å²) in [7, 11) is -4.56. The standard InChI is InChI=1S/C11H15FO2S/c1-9(2)6-7-10-4-3-5-11(8-10)15(12,13)14/h3-5,8-9H,6-7H2,1-2H3. The molecule has 0 saturated carbocycles. The molecule has 1 rings (SSSR count). The minimum atomic E-state index is -4.56. The van der Waals surface area contributed by atoms with Gasteiger partial charge in [0, 0.05) is 0 Å². The van der Waals surface area contributed by atoms with Crippen LogP contribution in [-0.4, -0.2) is 8.42 Å². The van der Waals surface area contributed by atoms with Gasteiger partial charge in [-0.05, 0) is 36.5 Å². The van der Waals surface area contributed by atoms with Crippen LogP contribution < -0.4 is 0 Å². The lowest BCUT2D eigenvalue weighted by atomic mass is 10.0. The average Bonchev–Trinajstić information content (AvgIpc) is 2.14. The van der Waals surface area contributed by atoms with E-state index in [9.17, 15) is 12.3 Å². The van der Waals surface area contributed by atoms with E-state index >= 15 is 0 Å². The first kappa shape index (κ1) is 12.2. The maximum absolute atomic E-state index is 12.7. The fourth-order valence-electron chi connectivity index (χ4n) is 1.31. The molecule has 0 fully saturated rings. The second-order valence-electron chi connectivity index (χ2n) is 4.02. The van der Waals surface area contributed by atoms with Crippen molar-refractivity contribution in [3.63, 3.8) is 0 Å². The van der Waals surface area contributed by atoms with Crippen molar-refractivity contribution in [1.82, 2.24) is 0 Å². The van der Waals surface area contributed by atoms with Gasteiger partial charge in [0.15, 0.2) is 0 Å². The van der Waals surface area contributed by atoms with E-state index in [1.54, 1.807) is 6.07 Å². The zero-order chi connectivity index (χ0) is 11.5. The normalized spacial score (nSPS) is 12.0. The van der Waals surface area contributed by atoms with E-state index < -0.39 is 10.2 Å². The predicted molar refractivity (Wildman–Crippen MR) is 57.9 cm³/mol. The van der Waals surface area contributed by atoms with Gasteiger partial charge in [-0.3, -0.25) is 0 Å². The van der Waals surface area contributed by atoms with Gasteiger partial charge in [-0.25, -0.2) is 0 Å². The van der Waals surface area contributed by atoms with Gasteiger partial charge < -0.3 is 0 Å². The molecule has 0 aliphatic rings. The van der Waals surface area contributed by atoms with E-state index in [1.165, 1.54) is 12.1 Å². The van der Waals surface area contributed by atoms with Crippen LogP contribution in [0.2, 0.25) is 0 Å². The Kier molecular flexibility index (Phi) is 3.85. The van der Waals surface area contributed by atoms with Gasteiger partial charge >= 0.3 is 10.2 Å². The molecule has 0 saturated heterocycles. The van der Waals surface area contributed by atoms with Gasteiger partial charge in [0.1, 0.15) is 0 Å². The molecular weight excluding hydrogens is 215 g/mol. The first-order valence-electron chi connectivity index (χ1n) is 4.93. The Labute approximate surface area is 90.3 Å². The van der Waals surface area contributed by atoms with Gasteiger partial charge in [0.05, 0.1) is 4.90 Å². The van der Waals surface area contributed by atoms with Crippen molar-refractivity contribution < 1.29 is 12.3 Å². The highest BCUT2D eigenvalue weighted by Gasteiger charge is 2.11. The van der Waals surface area contributed by atoms with E-state index in [1.807, 2.05) is 6.07 Å². The highest BCUT2D eigenvalue weighted by molar-refractivity contribution is 7.86. The fraction of sp³-hybridized carbons (Fsp3) is 0.455. The molecule has 0 atom stereocenters. The van der Waals surface area contributed by atoms with E-state index in [2.05, 4.69) is 13.8 Å². The highest BCUT2D eigenvalue weighted by Crippen LogP contribution is 2.16. The summed E-state index contributed by atoms with van der Waals surface area (Å²) in [5.41, 5.74) is 0.863. The van der Waals surface area contributed by atoms with Crippen LogP contribution in [0.25, 0.3) is 0 Å². The van der Waals surface area contributed by atoms with Gasteiger partial charge in [-0.15, -0.1) is 3.89 Å². The molecule has 0 heterocycles.